The van der Waals surface area contributed by atoms with Crippen molar-refractivity contribution in [1.82, 2.24) is 14.9 Å². The normalized spacial score (nSPS) is 15.1. The van der Waals surface area contributed by atoms with Gasteiger partial charge in [-0.05, 0) is 42.5 Å². The zero-order chi connectivity index (χ0) is 18.8. The first-order chi connectivity index (χ1) is 13.1. The van der Waals surface area contributed by atoms with Gasteiger partial charge in [0.15, 0.2) is 0 Å². The number of amides is 1. The Morgan fingerprint density at radius 3 is 2.74 bits per heavy atom. The highest BCUT2D eigenvalue weighted by atomic mass is 32.1. The number of benzene rings is 1. The number of carbonyl (C=O) groups excluding carboxylic acids is 1. The second kappa shape index (κ2) is 7.44. The van der Waals surface area contributed by atoms with Crippen molar-refractivity contribution < 1.29 is 9.18 Å². The maximum Gasteiger partial charge on any atom is 0.253 e. The van der Waals surface area contributed by atoms with E-state index in [0.29, 0.717) is 43.0 Å². The lowest BCUT2D eigenvalue weighted by Gasteiger charge is -2.31. The van der Waals surface area contributed by atoms with Crippen LogP contribution in [0.5, 0.6) is 0 Å². The van der Waals surface area contributed by atoms with Crippen LogP contribution < -0.4 is 5.56 Å². The molecule has 4 rings (SSSR count). The number of hydrogen-bond donors (Lipinski definition) is 1. The van der Waals surface area contributed by atoms with Crippen LogP contribution in [-0.4, -0.2) is 33.9 Å². The van der Waals surface area contributed by atoms with Gasteiger partial charge in [0.05, 0.1) is 5.69 Å². The van der Waals surface area contributed by atoms with E-state index in [1.54, 1.807) is 28.4 Å². The molecule has 1 fully saturated rings. The van der Waals surface area contributed by atoms with Gasteiger partial charge in [0.2, 0.25) is 0 Å². The summed E-state index contributed by atoms with van der Waals surface area (Å²) in [5.41, 5.74) is 1.80. The molecule has 1 saturated heterocycles. The number of thiophene rings is 1. The summed E-state index contributed by atoms with van der Waals surface area (Å²) in [6, 6.07) is 9.20. The van der Waals surface area contributed by atoms with Crippen molar-refractivity contribution in [3.05, 3.63) is 74.7 Å². The number of carbonyl (C=O) groups is 1. The molecule has 27 heavy (non-hydrogen) atoms. The maximum atomic E-state index is 13.4. The van der Waals surface area contributed by atoms with Gasteiger partial charge in [-0.15, -0.1) is 0 Å². The maximum absolute atomic E-state index is 13.4. The summed E-state index contributed by atoms with van der Waals surface area (Å²) < 4.78 is 13.4. The molecule has 1 aliphatic rings. The van der Waals surface area contributed by atoms with Crippen LogP contribution >= 0.6 is 11.3 Å². The van der Waals surface area contributed by atoms with Gasteiger partial charge >= 0.3 is 0 Å². The van der Waals surface area contributed by atoms with Crippen molar-refractivity contribution >= 4 is 17.2 Å². The van der Waals surface area contributed by atoms with Crippen LogP contribution in [-0.2, 0) is 0 Å². The minimum Gasteiger partial charge on any atom is -0.339 e. The highest BCUT2D eigenvalue weighted by molar-refractivity contribution is 7.08. The summed E-state index contributed by atoms with van der Waals surface area (Å²) in [6.07, 6.45) is 1.41. The number of aromatic nitrogens is 2. The van der Waals surface area contributed by atoms with E-state index in [9.17, 15) is 14.0 Å². The number of nitrogens with zero attached hydrogens (tertiary/aromatic N) is 2. The molecule has 138 valence electrons. The first kappa shape index (κ1) is 17.6. The molecule has 1 aliphatic heterocycles. The molecule has 0 radical (unpaired) electrons. The molecule has 3 aromatic rings. The second-order valence-corrected chi connectivity index (χ2v) is 7.38. The first-order valence-corrected chi connectivity index (χ1v) is 9.73. The summed E-state index contributed by atoms with van der Waals surface area (Å²) in [5, 5.41) is 3.92. The number of nitrogens with one attached hydrogen (secondary N) is 1. The van der Waals surface area contributed by atoms with E-state index >= 15 is 0 Å². The van der Waals surface area contributed by atoms with Gasteiger partial charge in [0.25, 0.3) is 11.5 Å². The fourth-order valence-electron chi connectivity index (χ4n) is 3.39. The van der Waals surface area contributed by atoms with Gasteiger partial charge in [-0.1, -0.05) is 6.07 Å². The van der Waals surface area contributed by atoms with Gasteiger partial charge in [-0.2, -0.15) is 11.3 Å². The Morgan fingerprint density at radius 2 is 2.04 bits per heavy atom. The molecule has 0 unspecified atom stereocenters. The zero-order valence-electron chi connectivity index (χ0n) is 14.5. The lowest BCUT2D eigenvalue weighted by atomic mass is 9.95. The lowest BCUT2D eigenvalue weighted by molar-refractivity contribution is 0.0710. The van der Waals surface area contributed by atoms with E-state index in [2.05, 4.69) is 9.97 Å². The van der Waals surface area contributed by atoms with Crippen LogP contribution in [0, 0.1) is 5.82 Å². The highest BCUT2D eigenvalue weighted by Gasteiger charge is 2.26. The largest absolute Gasteiger partial charge is 0.339 e. The third kappa shape index (κ3) is 3.83. The van der Waals surface area contributed by atoms with Crippen LogP contribution in [0.1, 0.15) is 34.9 Å². The summed E-state index contributed by atoms with van der Waals surface area (Å²) in [5.74, 6) is 0.179. The van der Waals surface area contributed by atoms with Crippen molar-refractivity contribution in [2.75, 3.05) is 13.1 Å². The Hall–Kier alpha value is -2.80. The topological polar surface area (TPSA) is 66.1 Å². The standard InChI is InChI=1S/C20H18FN3O2S/c21-16-3-1-2-14(10-16)20(26)24-7-4-13(5-8-24)19-22-17(11-18(25)23-19)15-6-9-27-12-15/h1-3,6,9-13H,4-5,7-8H2,(H,22,23,25). The molecule has 1 N–H and O–H groups in total. The second-order valence-electron chi connectivity index (χ2n) is 6.60. The molecule has 0 atom stereocenters. The van der Waals surface area contributed by atoms with Gasteiger partial charge in [-0.3, -0.25) is 9.59 Å². The number of piperidine rings is 1. The minimum absolute atomic E-state index is 0.0906. The fourth-order valence-corrected chi connectivity index (χ4v) is 4.04. The molecule has 0 aliphatic carbocycles. The highest BCUT2D eigenvalue weighted by Crippen LogP contribution is 2.27. The molecule has 5 nitrogen and oxygen atoms in total. The van der Waals surface area contributed by atoms with E-state index in [1.807, 2.05) is 16.8 Å². The predicted octanol–water partition coefficient (Wildman–Crippen LogP) is 3.66. The number of halogens is 1. The van der Waals surface area contributed by atoms with Crippen LogP contribution in [0.15, 0.2) is 52.0 Å². The third-order valence-corrected chi connectivity index (χ3v) is 5.50. The van der Waals surface area contributed by atoms with Crippen molar-refractivity contribution in [1.29, 1.82) is 0 Å². The number of likely N-dealkylation sites (tertiary alicyclic amines) is 1. The molecule has 1 amide bonds. The van der Waals surface area contributed by atoms with Crippen LogP contribution in [0.3, 0.4) is 0 Å². The van der Waals surface area contributed by atoms with E-state index in [1.165, 1.54) is 18.2 Å². The van der Waals surface area contributed by atoms with Gasteiger partial charge in [0, 0.05) is 41.6 Å². The summed E-state index contributed by atoms with van der Waals surface area (Å²) in [4.78, 5) is 33.8. The number of hydrogen-bond acceptors (Lipinski definition) is 4. The van der Waals surface area contributed by atoms with E-state index in [-0.39, 0.29) is 17.4 Å². The average molecular weight is 383 g/mol. The number of aromatic amines is 1. The van der Waals surface area contributed by atoms with Crippen molar-refractivity contribution in [2.24, 2.45) is 0 Å². The lowest BCUT2D eigenvalue weighted by Crippen LogP contribution is -2.38. The molecular weight excluding hydrogens is 365 g/mol. The Morgan fingerprint density at radius 1 is 1.22 bits per heavy atom. The Bertz CT molecular complexity index is 1010. The summed E-state index contributed by atoms with van der Waals surface area (Å²) >= 11 is 1.56. The minimum atomic E-state index is -0.414. The zero-order valence-corrected chi connectivity index (χ0v) is 15.3. The van der Waals surface area contributed by atoms with E-state index < -0.39 is 5.82 Å². The van der Waals surface area contributed by atoms with Gasteiger partial charge in [0.1, 0.15) is 11.6 Å². The molecule has 0 spiro atoms. The van der Waals surface area contributed by atoms with Crippen LogP contribution in [0.25, 0.3) is 11.3 Å². The molecular formula is C20H18FN3O2S. The smallest absolute Gasteiger partial charge is 0.253 e. The van der Waals surface area contributed by atoms with E-state index in [0.717, 1.165) is 5.56 Å². The molecule has 1 aromatic carbocycles. The Labute approximate surface area is 159 Å². The average Bonchev–Trinajstić information content (AvgIpc) is 3.22. The van der Waals surface area contributed by atoms with Crippen molar-refractivity contribution in [3.63, 3.8) is 0 Å². The molecule has 3 heterocycles. The molecule has 7 heteroatoms. The Kier molecular flexibility index (Phi) is 4.85. The summed E-state index contributed by atoms with van der Waals surface area (Å²) in [7, 11) is 0. The van der Waals surface area contributed by atoms with Crippen molar-refractivity contribution in [2.45, 2.75) is 18.8 Å². The number of H-pyrrole nitrogens is 1. The van der Waals surface area contributed by atoms with Gasteiger partial charge in [-0.25, -0.2) is 9.37 Å². The van der Waals surface area contributed by atoms with E-state index in [4.69, 9.17) is 0 Å². The molecule has 2 aromatic heterocycles. The summed E-state index contributed by atoms with van der Waals surface area (Å²) in [6.45, 7) is 1.10. The molecule has 0 saturated carbocycles. The van der Waals surface area contributed by atoms with Crippen LogP contribution in [0.2, 0.25) is 0 Å². The fraction of sp³-hybridized carbons (Fsp3) is 0.250. The SMILES string of the molecule is O=C(c1cccc(F)c1)N1CCC(c2nc(-c3ccsc3)cc(=O)[nH]2)CC1. The predicted molar refractivity (Wildman–Crippen MR) is 102 cm³/mol. The third-order valence-electron chi connectivity index (χ3n) is 4.82. The van der Waals surface area contributed by atoms with Crippen molar-refractivity contribution in [3.8, 4) is 11.3 Å². The quantitative estimate of drug-likeness (QED) is 0.751. The Balaban J connectivity index is 1.48. The van der Waals surface area contributed by atoms with Gasteiger partial charge < -0.3 is 9.88 Å². The monoisotopic (exact) mass is 383 g/mol. The molecule has 0 bridgehead atoms. The van der Waals surface area contributed by atoms with Crippen LogP contribution in [0.4, 0.5) is 4.39 Å². The number of rotatable bonds is 3. The first-order valence-electron chi connectivity index (χ1n) is 8.79.